The van der Waals surface area contributed by atoms with Crippen LogP contribution in [0.4, 0.5) is 18.9 Å². The van der Waals surface area contributed by atoms with Gasteiger partial charge in [-0.05, 0) is 56.2 Å². The number of carbonyl (C=O) groups is 2. The number of anilines is 1. The van der Waals surface area contributed by atoms with E-state index < -0.39 is 57.4 Å². The third-order valence-corrected chi connectivity index (χ3v) is 7.05. The summed E-state index contributed by atoms with van der Waals surface area (Å²) in [5, 5.41) is 2.88. The summed E-state index contributed by atoms with van der Waals surface area (Å²) < 4.78 is 67.2. The summed E-state index contributed by atoms with van der Waals surface area (Å²) in [5.41, 5.74) is 0.334. The summed E-state index contributed by atoms with van der Waals surface area (Å²) in [7, 11) is -4.14. The molecule has 0 fully saturated rings. The van der Waals surface area contributed by atoms with E-state index in [1.54, 1.807) is 51.1 Å². The molecule has 0 bridgehead atoms. The van der Waals surface area contributed by atoms with Gasteiger partial charge in [-0.15, -0.1) is 0 Å². The van der Waals surface area contributed by atoms with Crippen LogP contribution in [0.5, 0.6) is 0 Å². The summed E-state index contributed by atoms with van der Waals surface area (Å²) in [5.74, 6) is -4.21. The van der Waals surface area contributed by atoms with Gasteiger partial charge in [-0.25, -0.2) is 21.6 Å². The molecule has 0 aliphatic heterocycles. The van der Waals surface area contributed by atoms with E-state index in [2.05, 4.69) is 5.32 Å². The van der Waals surface area contributed by atoms with E-state index in [0.717, 1.165) is 24.0 Å². The van der Waals surface area contributed by atoms with Crippen molar-refractivity contribution in [3.8, 4) is 0 Å². The minimum atomic E-state index is -4.14. The van der Waals surface area contributed by atoms with Crippen LogP contribution in [0, 0.1) is 17.5 Å². The number of sulfonamides is 1. The van der Waals surface area contributed by atoms with Crippen LogP contribution in [0.15, 0.2) is 72.8 Å². The molecule has 0 saturated heterocycles. The van der Waals surface area contributed by atoms with Gasteiger partial charge in [0.2, 0.25) is 21.8 Å². The van der Waals surface area contributed by atoms with Crippen molar-refractivity contribution < 1.29 is 31.2 Å². The van der Waals surface area contributed by atoms with E-state index >= 15 is 0 Å². The molecule has 7 nitrogen and oxygen atoms in total. The Hall–Kier alpha value is -3.86. The first-order valence-corrected chi connectivity index (χ1v) is 14.3. The lowest BCUT2D eigenvalue weighted by Crippen LogP contribution is -2.56. The van der Waals surface area contributed by atoms with Gasteiger partial charge in [0.15, 0.2) is 11.6 Å². The molecule has 0 unspecified atom stereocenters. The largest absolute Gasteiger partial charge is 0.350 e. The zero-order valence-corrected chi connectivity index (χ0v) is 23.5. The Balaban J connectivity index is 2.08. The Labute approximate surface area is 232 Å². The van der Waals surface area contributed by atoms with Crippen LogP contribution in [0.1, 0.15) is 31.9 Å². The van der Waals surface area contributed by atoms with Crippen molar-refractivity contribution in [3.63, 3.8) is 0 Å². The van der Waals surface area contributed by atoms with Gasteiger partial charge in [0.1, 0.15) is 18.4 Å². The van der Waals surface area contributed by atoms with E-state index in [4.69, 9.17) is 0 Å². The summed E-state index contributed by atoms with van der Waals surface area (Å²) >= 11 is 0. The maximum absolute atomic E-state index is 14.0. The SMILES string of the molecule is CC(C)(C)NC(=O)[C@H](Cc1ccccc1)N(Cc1ccc(F)cc1)C(=O)CN(c1ccc(F)c(F)c1)S(C)(=O)=O. The monoisotopic (exact) mass is 575 g/mol. The van der Waals surface area contributed by atoms with Crippen molar-refractivity contribution in [2.24, 2.45) is 0 Å². The second-order valence-electron chi connectivity index (χ2n) is 10.5. The Morgan fingerprint density at radius 3 is 2.05 bits per heavy atom. The van der Waals surface area contributed by atoms with Crippen molar-refractivity contribution in [1.29, 1.82) is 0 Å². The molecule has 3 rings (SSSR count). The van der Waals surface area contributed by atoms with Gasteiger partial charge in [-0.2, -0.15) is 0 Å². The first-order valence-electron chi connectivity index (χ1n) is 12.5. The van der Waals surface area contributed by atoms with Crippen molar-refractivity contribution >= 4 is 27.5 Å². The van der Waals surface area contributed by atoms with Gasteiger partial charge >= 0.3 is 0 Å². The Morgan fingerprint density at radius 1 is 0.875 bits per heavy atom. The summed E-state index contributed by atoms with van der Waals surface area (Å²) in [6, 6.07) is 15.7. The molecular weight excluding hydrogens is 543 g/mol. The van der Waals surface area contributed by atoms with E-state index in [-0.39, 0.29) is 18.7 Å². The number of carbonyl (C=O) groups excluding carboxylic acids is 2. The molecule has 214 valence electrons. The first-order chi connectivity index (χ1) is 18.6. The number of amides is 2. The number of rotatable bonds is 10. The summed E-state index contributed by atoms with van der Waals surface area (Å²) in [6.45, 7) is 4.41. The Kier molecular flexibility index (Phi) is 9.62. The number of hydrogen-bond acceptors (Lipinski definition) is 4. The van der Waals surface area contributed by atoms with Crippen molar-refractivity contribution in [3.05, 3.63) is 101 Å². The van der Waals surface area contributed by atoms with E-state index in [0.29, 0.717) is 15.9 Å². The molecule has 11 heteroatoms. The molecule has 0 aliphatic rings. The van der Waals surface area contributed by atoms with Gasteiger partial charge in [0.05, 0.1) is 11.9 Å². The third kappa shape index (κ3) is 8.57. The smallest absolute Gasteiger partial charge is 0.244 e. The second-order valence-corrected chi connectivity index (χ2v) is 12.4. The van der Waals surface area contributed by atoms with E-state index in [1.165, 1.54) is 29.2 Å². The number of nitrogens with one attached hydrogen (secondary N) is 1. The summed E-state index contributed by atoms with van der Waals surface area (Å²) in [4.78, 5) is 28.7. The van der Waals surface area contributed by atoms with Gasteiger partial charge in [-0.3, -0.25) is 13.9 Å². The highest BCUT2D eigenvalue weighted by Crippen LogP contribution is 2.23. The maximum atomic E-state index is 14.0. The van der Waals surface area contributed by atoms with Crippen LogP contribution in [-0.4, -0.2) is 49.5 Å². The molecule has 0 aromatic heterocycles. The van der Waals surface area contributed by atoms with Crippen molar-refractivity contribution in [2.75, 3.05) is 17.1 Å². The molecule has 0 saturated carbocycles. The topological polar surface area (TPSA) is 86.8 Å². The van der Waals surface area contributed by atoms with Gasteiger partial charge in [-0.1, -0.05) is 42.5 Å². The van der Waals surface area contributed by atoms with Crippen molar-refractivity contribution in [2.45, 2.75) is 45.3 Å². The molecule has 0 radical (unpaired) electrons. The fourth-order valence-electron chi connectivity index (χ4n) is 4.05. The molecule has 3 aromatic carbocycles. The fraction of sp³-hybridized carbons (Fsp3) is 0.310. The minimum absolute atomic E-state index is 0.0970. The molecule has 2 amide bonds. The normalized spacial score (nSPS) is 12.5. The van der Waals surface area contributed by atoms with Gasteiger partial charge in [0.25, 0.3) is 0 Å². The molecule has 0 spiro atoms. The second kappa shape index (κ2) is 12.5. The van der Waals surface area contributed by atoms with Crippen LogP contribution >= 0.6 is 0 Å². The van der Waals surface area contributed by atoms with Crippen LogP contribution in [-0.2, 0) is 32.6 Å². The van der Waals surface area contributed by atoms with Crippen LogP contribution in [0.3, 0.4) is 0 Å². The Bertz CT molecular complexity index is 1440. The van der Waals surface area contributed by atoms with Crippen LogP contribution in [0.25, 0.3) is 0 Å². The number of hydrogen-bond donors (Lipinski definition) is 1. The predicted octanol–water partition coefficient (Wildman–Crippen LogP) is 4.42. The van der Waals surface area contributed by atoms with Gasteiger partial charge in [0, 0.05) is 24.6 Å². The van der Waals surface area contributed by atoms with Crippen LogP contribution < -0.4 is 9.62 Å². The molecular formula is C29H32F3N3O4S. The Morgan fingerprint density at radius 2 is 1.50 bits per heavy atom. The highest BCUT2D eigenvalue weighted by Gasteiger charge is 2.34. The molecule has 3 aromatic rings. The number of halogens is 3. The van der Waals surface area contributed by atoms with Crippen LogP contribution in [0.2, 0.25) is 0 Å². The number of benzene rings is 3. The van der Waals surface area contributed by atoms with E-state index in [1.807, 2.05) is 0 Å². The average molecular weight is 576 g/mol. The first kappa shape index (κ1) is 30.7. The highest BCUT2D eigenvalue weighted by atomic mass is 32.2. The zero-order valence-electron chi connectivity index (χ0n) is 22.7. The highest BCUT2D eigenvalue weighted by molar-refractivity contribution is 7.92. The lowest BCUT2D eigenvalue weighted by atomic mass is 10.0. The van der Waals surface area contributed by atoms with Crippen molar-refractivity contribution in [1.82, 2.24) is 10.2 Å². The molecule has 0 heterocycles. The minimum Gasteiger partial charge on any atom is -0.350 e. The average Bonchev–Trinajstić information content (AvgIpc) is 2.86. The zero-order chi connectivity index (χ0) is 29.7. The maximum Gasteiger partial charge on any atom is 0.244 e. The molecule has 40 heavy (non-hydrogen) atoms. The lowest BCUT2D eigenvalue weighted by Gasteiger charge is -2.35. The molecule has 0 aliphatic carbocycles. The third-order valence-electron chi connectivity index (χ3n) is 5.91. The fourth-order valence-corrected chi connectivity index (χ4v) is 4.89. The van der Waals surface area contributed by atoms with E-state index in [9.17, 15) is 31.2 Å². The molecule has 1 atom stereocenters. The lowest BCUT2D eigenvalue weighted by molar-refractivity contribution is -0.140. The summed E-state index contributed by atoms with van der Waals surface area (Å²) in [6.07, 6.45) is 0.930. The molecule has 1 N–H and O–H groups in total. The quantitative estimate of drug-likeness (QED) is 0.388. The van der Waals surface area contributed by atoms with Gasteiger partial charge < -0.3 is 10.2 Å². The predicted molar refractivity (Wildman–Crippen MR) is 147 cm³/mol. The number of nitrogens with zero attached hydrogens (tertiary/aromatic N) is 2. The standard InChI is InChI=1S/C29H32F3N3O4S/c1-29(2,3)33-28(37)26(16-20-8-6-5-7-9-20)34(18-21-10-12-22(30)13-11-21)27(36)19-35(40(4,38)39)23-14-15-24(31)25(32)17-23/h5-15,17,26H,16,18-19H2,1-4H3,(H,33,37)/t26-/m0/s1.